The lowest BCUT2D eigenvalue weighted by Crippen LogP contribution is -2.30. The van der Waals surface area contributed by atoms with Crippen LogP contribution in [0.3, 0.4) is 0 Å². The molecule has 1 amide bonds. The van der Waals surface area contributed by atoms with E-state index in [4.69, 9.17) is 25.5 Å². The van der Waals surface area contributed by atoms with Gasteiger partial charge in [0.1, 0.15) is 11.3 Å². The van der Waals surface area contributed by atoms with E-state index in [9.17, 15) is 9.59 Å². The van der Waals surface area contributed by atoms with Gasteiger partial charge in [0.15, 0.2) is 6.61 Å². The van der Waals surface area contributed by atoms with Crippen LogP contribution in [0.2, 0.25) is 5.02 Å². The minimum atomic E-state index is -0.685. The summed E-state index contributed by atoms with van der Waals surface area (Å²) >= 11 is 5.97. The van der Waals surface area contributed by atoms with Gasteiger partial charge in [0.2, 0.25) is 5.76 Å². The summed E-state index contributed by atoms with van der Waals surface area (Å²) in [6.07, 6.45) is 0.660. The van der Waals surface area contributed by atoms with Crippen LogP contribution in [-0.2, 0) is 16.0 Å². The lowest BCUT2D eigenvalue weighted by Gasteiger charge is -2.07. The first kappa shape index (κ1) is 19.8. The lowest BCUT2D eigenvalue weighted by atomic mass is 10.1. The number of furan rings is 1. The van der Waals surface area contributed by atoms with E-state index < -0.39 is 5.97 Å². The van der Waals surface area contributed by atoms with Gasteiger partial charge in [-0.1, -0.05) is 23.7 Å². The SMILES string of the molecule is COc1ccc(CCNC(=O)COC(=O)c2oc3ccc(Cl)cc3c2C)cc1. The van der Waals surface area contributed by atoms with E-state index in [0.717, 1.165) is 16.7 Å². The molecule has 146 valence electrons. The van der Waals surface area contributed by atoms with E-state index in [1.54, 1.807) is 32.2 Å². The Hall–Kier alpha value is -2.99. The number of hydrogen-bond acceptors (Lipinski definition) is 5. The zero-order valence-electron chi connectivity index (χ0n) is 15.6. The van der Waals surface area contributed by atoms with Crippen LogP contribution in [0.4, 0.5) is 0 Å². The molecule has 7 heteroatoms. The second-order valence-electron chi connectivity index (χ2n) is 6.22. The van der Waals surface area contributed by atoms with Crippen molar-refractivity contribution in [3.8, 4) is 5.75 Å². The molecule has 28 heavy (non-hydrogen) atoms. The average molecular weight is 402 g/mol. The molecule has 0 aliphatic rings. The number of ether oxygens (including phenoxy) is 2. The Labute approximate surface area is 167 Å². The van der Waals surface area contributed by atoms with Crippen LogP contribution in [0.25, 0.3) is 11.0 Å². The Morgan fingerprint density at radius 2 is 1.89 bits per heavy atom. The molecule has 1 N–H and O–H groups in total. The highest BCUT2D eigenvalue weighted by Crippen LogP contribution is 2.28. The first-order valence-electron chi connectivity index (χ1n) is 8.73. The van der Waals surface area contributed by atoms with Gasteiger partial charge in [-0.05, 0) is 49.2 Å². The van der Waals surface area contributed by atoms with Crippen molar-refractivity contribution in [3.05, 3.63) is 64.4 Å². The van der Waals surface area contributed by atoms with Crippen molar-refractivity contribution in [2.45, 2.75) is 13.3 Å². The number of carbonyl (C=O) groups excluding carboxylic acids is 2. The molecule has 2 aromatic carbocycles. The third kappa shape index (κ3) is 4.64. The number of benzene rings is 2. The fraction of sp³-hybridized carbons (Fsp3) is 0.238. The third-order valence-corrected chi connectivity index (χ3v) is 4.55. The predicted molar refractivity (Wildman–Crippen MR) is 106 cm³/mol. The minimum absolute atomic E-state index is 0.0725. The van der Waals surface area contributed by atoms with Gasteiger partial charge in [-0.25, -0.2) is 4.79 Å². The van der Waals surface area contributed by atoms with Crippen LogP contribution < -0.4 is 10.1 Å². The Balaban J connectivity index is 1.48. The molecular formula is C21H20ClNO5. The van der Waals surface area contributed by atoms with Crippen molar-refractivity contribution >= 4 is 34.4 Å². The Kier molecular flexibility index (Phi) is 6.21. The number of esters is 1. The van der Waals surface area contributed by atoms with Crippen molar-refractivity contribution in [1.29, 1.82) is 0 Å². The number of fused-ring (bicyclic) bond motifs is 1. The predicted octanol–water partition coefficient (Wildman–Crippen LogP) is 3.92. The van der Waals surface area contributed by atoms with Crippen LogP contribution in [0.1, 0.15) is 21.7 Å². The molecular weight excluding hydrogens is 382 g/mol. The molecule has 1 aromatic heterocycles. The molecule has 0 atom stereocenters. The lowest BCUT2D eigenvalue weighted by molar-refractivity contribution is -0.124. The van der Waals surface area contributed by atoms with Gasteiger partial charge >= 0.3 is 5.97 Å². The summed E-state index contributed by atoms with van der Waals surface area (Å²) in [6, 6.07) is 12.7. The van der Waals surface area contributed by atoms with Crippen LogP contribution in [0, 0.1) is 6.92 Å². The molecule has 0 spiro atoms. The summed E-state index contributed by atoms with van der Waals surface area (Å²) in [5.41, 5.74) is 2.23. The second-order valence-corrected chi connectivity index (χ2v) is 6.66. The first-order valence-corrected chi connectivity index (χ1v) is 9.11. The molecule has 0 fully saturated rings. The molecule has 0 aliphatic carbocycles. The van der Waals surface area contributed by atoms with Gasteiger partial charge in [0, 0.05) is 22.5 Å². The van der Waals surface area contributed by atoms with E-state index in [2.05, 4.69) is 5.32 Å². The highest BCUT2D eigenvalue weighted by Gasteiger charge is 2.20. The molecule has 6 nitrogen and oxygen atoms in total. The van der Waals surface area contributed by atoms with E-state index in [1.165, 1.54) is 0 Å². The quantitative estimate of drug-likeness (QED) is 0.607. The largest absolute Gasteiger partial charge is 0.497 e. The second kappa shape index (κ2) is 8.80. The Morgan fingerprint density at radius 3 is 2.61 bits per heavy atom. The Bertz CT molecular complexity index is 994. The van der Waals surface area contributed by atoms with Gasteiger partial charge in [0.05, 0.1) is 7.11 Å². The van der Waals surface area contributed by atoms with Gasteiger partial charge in [-0.15, -0.1) is 0 Å². The summed E-state index contributed by atoms with van der Waals surface area (Å²) in [5, 5.41) is 4.01. The number of aryl methyl sites for hydroxylation is 1. The number of amides is 1. The number of methoxy groups -OCH3 is 1. The highest BCUT2D eigenvalue weighted by molar-refractivity contribution is 6.31. The molecule has 3 rings (SSSR count). The monoisotopic (exact) mass is 401 g/mol. The molecule has 0 aliphatic heterocycles. The van der Waals surface area contributed by atoms with E-state index >= 15 is 0 Å². The maximum atomic E-state index is 12.2. The normalized spacial score (nSPS) is 10.7. The van der Waals surface area contributed by atoms with Crippen LogP contribution in [-0.4, -0.2) is 32.1 Å². The van der Waals surface area contributed by atoms with Crippen molar-refractivity contribution < 1.29 is 23.5 Å². The van der Waals surface area contributed by atoms with Crippen molar-refractivity contribution in [1.82, 2.24) is 5.32 Å². The van der Waals surface area contributed by atoms with Gasteiger partial charge in [-0.3, -0.25) is 4.79 Å². The zero-order chi connectivity index (χ0) is 20.1. The van der Waals surface area contributed by atoms with E-state index in [-0.39, 0.29) is 18.3 Å². The third-order valence-electron chi connectivity index (χ3n) is 4.31. The molecule has 1 heterocycles. The maximum Gasteiger partial charge on any atom is 0.375 e. The number of carbonyl (C=O) groups is 2. The molecule has 0 bridgehead atoms. The summed E-state index contributed by atoms with van der Waals surface area (Å²) in [4.78, 5) is 24.2. The summed E-state index contributed by atoms with van der Waals surface area (Å²) in [7, 11) is 1.61. The number of nitrogens with one attached hydrogen (secondary N) is 1. The highest BCUT2D eigenvalue weighted by atomic mass is 35.5. The molecule has 0 radical (unpaired) electrons. The first-order chi connectivity index (χ1) is 13.5. The molecule has 3 aromatic rings. The number of rotatable bonds is 7. The Morgan fingerprint density at radius 1 is 1.14 bits per heavy atom. The summed E-state index contributed by atoms with van der Waals surface area (Å²) in [6.45, 7) is 1.80. The fourth-order valence-corrected chi connectivity index (χ4v) is 2.95. The topological polar surface area (TPSA) is 77.8 Å². The maximum absolute atomic E-state index is 12.2. The average Bonchev–Trinajstić information content (AvgIpc) is 3.03. The zero-order valence-corrected chi connectivity index (χ0v) is 16.3. The van der Waals surface area contributed by atoms with Gasteiger partial charge < -0.3 is 19.2 Å². The number of hydrogen-bond donors (Lipinski definition) is 1. The van der Waals surface area contributed by atoms with Gasteiger partial charge in [-0.2, -0.15) is 0 Å². The smallest absolute Gasteiger partial charge is 0.375 e. The minimum Gasteiger partial charge on any atom is -0.497 e. The van der Waals surface area contributed by atoms with Crippen molar-refractivity contribution in [2.24, 2.45) is 0 Å². The van der Waals surface area contributed by atoms with Crippen LogP contribution in [0.5, 0.6) is 5.75 Å². The summed E-state index contributed by atoms with van der Waals surface area (Å²) < 4.78 is 15.7. The molecule has 0 saturated carbocycles. The van der Waals surface area contributed by atoms with E-state index in [0.29, 0.717) is 29.1 Å². The van der Waals surface area contributed by atoms with Gasteiger partial charge in [0.25, 0.3) is 5.91 Å². The number of halogens is 1. The van der Waals surface area contributed by atoms with Crippen molar-refractivity contribution in [2.75, 3.05) is 20.3 Å². The van der Waals surface area contributed by atoms with E-state index in [1.807, 2.05) is 24.3 Å². The molecule has 0 unspecified atom stereocenters. The van der Waals surface area contributed by atoms with Crippen LogP contribution in [0.15, 0.2) is 46.9 Å². The standard InChI is InChI=1S/C21H20ClNO5/c1-13-17-11-15(22)5-8-18(17)28-20(13)21(25)27-12-19(24)23-10-9-14-3-6-16(26-2)7-4-14/h3-8,11H,9-10,12H2,1-2H3,(H,23,24). The summed E-state index contributed by atoms with van der Waals surface area (Å²) in [5.74, 6) is -0.208. The fourth-order valence-electron chi connectivity index (χ4n) is 2.77. The van der Waals surface area contributed by atoms with Crippen molar-refractivity contribution in [3.63, 3.8) is 0 Å². The van der Waals surface area contributed by atoms with Crippen LogP contribution >= 0.6 is 11.6 Å². The molecule has 0 saturated heterocycles.